The summed E-state index contributed by atoms with van der Waals surface area (Å²) in [7, 11) is 0. The van der Waals surface area contributed by atoms with E-state index in [4.69, 9.17) is 0 Å². The highest BCUT2D eigenvalue weighted by Crippen LogP contribution is 2.66. The van der Waals surface area contributed by atoms with Gasteiger partial charge in [-0.2, -0.15) is 5.23 Å². The first-order valence-corrected chi connectivity index (χ1v) is 10.8. The van der Waals surface area contributed by atoms with Gasteiger partial charge in [0.2, 0.25) is 11.8 Å². The zero-order chi connectivity index (χ0) is 21.5. The molecule has 1 heterocycles. The number of benzene rings is 3. The van der Waals surface area contributed by atoms with Gasteiger partial charge in [-0.1, -0.05) is 76.6 Å². The van der Waals surface area contributed by atoms with Gasteiger partial charge in [-0.3, -0.25) is 9.59 Å². The van der Waals surface area contributed by atoms with Crippen molar-refractivity contribution < 1.29 is 20.0 Å². The van der Waals surface area contributed by atoms with Crippen LogP contribution in [0.25, 0.3) is 0 Å². The Labute approximate surface area is 186 Å². The number of halogens is 1. The van der Waals surface area contributed by atoms with Crippen molar-refractivity contribution in [2.24, 2.45) is 11.8 Å². The lowest BCUT2D eigenvalue weighted by Gasteiger charge is -2.51. The first-order chi connectivity index (χ1) is 15.0. The summed E-state index contributed by atoms with van der Waals surface area (Å²) >= 11 is 3.94. The van der Waals surface area contributed by atoms with Crippen LogP contribution in [0.15, 0.2) is 72.8 Å². The van der Waals surface area contributed by atoms with Crippen molar-refractivity contribution in [3.05, 3.63) is 100 Å². The molecule has 0 aromatic heterocycles. The smallest absolute Gasteiger partial charge is 0.240 e. The van der Waals surface area contributed by atoms with E-state index >= 15 is 0 Å². The van der Waals surface area contributed by atoms with Crippen molar-refractivity contribution in [2.45, 2.75) is 10.2 Å². The lowest BCUT2D eigenvalue weighted by atomic mass is 9.55. The van der Waals surface area contributed by atoms with Crippen LogP contribution in [0.1, 0.15) is 28.2 Å². The molecule has 3 aromatic carbocycles. The quantitative estimate of drug-likeness (QED) is 0.338. The number of nitrogens with zero attached hydrogens (tertiary/aromatic N) is 1. The maximum Gasteiger partial charge on any atom is 0.240 e. The van der Waals surface area contributed by atoms with E-state index in [-0.39, 0.29) is 29.1 Å². The van der Waals surface area contributed by atoms with Gasteiger partial charge < -0.3 is 5.21 Å². The number of amides is 2. The molecule has 31 heavy (non-hydrogen) atoms. The number of rotatable bonds is 2. The molecule has 154 valence electrons. The Bertz CT molecular complexity index is 1230. The van der Waals surface area contributed by atoms with Gasteiger partial charge in [0.1, 0.15) is 5.69 Å². The number of quaternary nitrogens is 1. The van der Waals surface area contributed by atoms with Gasteiger partial charge in [0.15, 0.2) is 5.69 Å². The first-order valence-electron chi connectivity index (χ1n) is 10.0. The molecule has 0 radical (unpaired) electrons. The summed E-state index contributed by atoms with van der Waals surface area (Å²) in [6.07, 6.45) is 0. The molecule has 7 heteroatoms. The fourth-order valence-corrected chi connectivity index (χ4v) is 6.97. The minimum atomic E-state index is -1.17. The number of hydrogen-bond donors (Lipinski definition) is 2. The zero-order valence-electron chi connectivity index (χ0n) is 16.2. The van der Waals surface area contributed by atoms with Crippen molar-refractivity contribution in [2.75, 3.05) is 4.90 Å². The summed E-state index contributed by atoms with van der Waals surface area (Å²) in [4.78, 5) is 28.7. The number of anilines is 1. The van der Waals surface area contributed by atoms with Gasteiger partial charge in [0.05, 0.1) is 16.2 Å². The molecule has 3 aromatic rings. The highest BCUT2D eigenvalue weighted by atomic mass is 79.9. The molecule has 2 N–H and O–H groups in total. The summed E-state index contributed by atoms with van der Waals surface area (Å²) in [5, 5.41) is 20.3. The zero-order valence-corrected chi connectivity index (χ0v) is 17.7. The van der Waals surface area contributed by atoms with E-state index in [1.165, 1.54) is 12.1 Å². The third kappa shape index (κ3) is 2.21. The predicted octanol–water partition coefficient (Wildman–Crippen LogP) is 2.99. The molecule has 1 saturated heterocycles. The molecule has 2 amide bonds. The summed E-state index contributed by atoms with van der Waals surface area (Å²) in [6, 6.07) is 22.0. The van der Waals surface area contributed by atoms with Crippen LogP contribution in [-0.4, -0.2) is 17.0 Å². The van der Waals surface area contributed by atoms with Gasteiger partial charge >= 0.3 is 0 Å². The summed E-state index contributed by atoms with van der Waals surface area (Å²) in [5.41, 5.74) is 4.13. The Balaban J connectivity index is 1.61. The summed E-state index contributed by atoms with van der Waals surface area (Å²) in [6.45, 7) is 0. The van der Waals surface area contributed by atoms with Crippen LogP contribution in [0.3, 0.4) is 0 Å². The van der Waals surface area contributed by atoms with Crippen LogP contribution in [0.4, 0.5) is 11.4 Å². The van der Waals surface area contributed by atoms with Crippen molar-refractivity contribution in [3.8, 4) is 0 Å². The minimum absolute atomic E-state index is 0.0613. The van der Waals surface area contributed by atoms with Crippen molar-refractivity contribution in [1.82, 2.24) is 0 Å². The Morgan fingerprint density at radius 3 is 2.03 bits per heavy atom. The minimum Gasteiger partial charge on any atom is -0.595 e. The molecule has 1 aliphatic heterocycles. The average Bonchev–Trinajstić information content (AvgIpc) is 3.05. The van der Waals surface area contributed by atoms with Gasteiger partial charge in [-0.05, 0) is 28.3 Å². The molecule has 7 rings (SSSR count). The van der Waals surface area contributed by atoms with E-state index in [1.807, 2.05) is 48.5 Å². The number of alkyl halides is 1. The number of para-hydroxylation sites is 2. The molecule has 0 spiro atoms. The van der Waals surface area contributed by atoms with Crippen molar-refractivity contribution in [3.63, 3.8) is 0 Å². The van der Waals surface area contributed by atoms with Gasteiger partial charge in [-0.25, -0.2) is 10.1 Å². The third-order valence-electron chi connectivity index (χ3n) is 6.89. The molecule has 3 unspecified atom stereocenters. The number of imide groups is 1. The van der Waals surface area contributed by atoms with Crippen LogP contribution >= 0.6 is 15.9 Å². The third-order valence-corrected chi connectivity index (χ3v) is 8.24. The van der Waals surface area contributed by atoms with Gasteiger partial charge in [0, 0.05) is 12.0 Å². The first kappa shape index (κ1) is 18.9. The fraction of sp³-hybridized carbons (Fsp3) is 0.167. The lowest BCUT2D eigenvalue weighted by Crippen LogP contribution is -2.99. The van der Waals surface area contributed by atoms with E-state index in [0.717, 1.165) is 27.2 Å². The van der Waals surface area contributed by atoms with Crippen LogP contribution < -0.4 is 10.1 Å². The van der Waals surface area contributed by atoms with Crippen LogP contribution in [0.5, 0.6) is 0 Å². The molecule has 3 aliphatic carbocycles. The number of hydrogen-bond acceptors (Lipinski definition) is 4. The molecule has 4 aliphatic rings. The maximum atomic E-state index is 13.8. The number of carbonyl (C=O) groups is 2. The van der Waals surface area contributed by atoms with E-state index in [0.29, 0.717) is 0 Å². The Morgan fingerprint density at radius 2 is 1.42 bits per heavy atom. The van der Waals surface area contributed by atoms with Crippen molar-refractivity contribution >= 4 is 39.1 Å². The Morgan fingerprint density at radius 1 is 0.871 bits per heavy atom. The summed E-state index contributed by atoms with van der Waals surface area (Å²) < 4.78 is -0.848. The van der Waals surface area contributed by atoms with Crippen molar-refractivity contribution in [1.29, 1.82) is 0 Å². The average molecular weight is 477 g/mol. The molecule has 1 fully saturated rings. The van der Waals surface area contributed by atoms with Gasteiger partial charge in [0.25, 0.3) is 0 Å². The monoisotopic (exact) mass is 476 g/mol. The molecular formula is C24H17BrN2O4. The second-order valence-electron chi connectivity index (χ2n) is 8.20. The summed E-state index contributed by atoms with van der Waals surface area (Å²) in [5.74, 6) is -2.22. The van der Waals surface area contributed by atoms with Crippen LogP contribution in [0, 0.1) is 17.0 Å². The predicted molar refractivity (Wildman–Crippen MR) is 116 cm³/mol. The Hall–Kier alpha value is -2.84. The molecular weight excluding hydrogens is 460 g/mol. The van der Waals surface area contributed by atoms with E-state index < -0.39 is 21.4 Å². The highest BCUT2D eigenvalue weighted by molar-refractivity contribution is 9.09. The number of carbonyl (C=O) groups excluding carboxylic acids is 2. The Kier molecular flexibility index (Phi) is 3.86. The number of nitrogens with one attached hydrogen (secondary N) is 1. The second-order valence-corrected chi connectivity index (χ2v) is 9.45. The maximum absolute atomic E-state index is 13.8. The molecule has 0 saturated carbocycles. The van der Waals surface area contributed by atoms with Crippen LogP contribution in [-0.2, 0) is 13.9 Å². The topological polar surface area (TPSA) is 85.1 Å². The largest absolute Gasteiger partial charge is 0.595 e. The normalized spacial score (nSPS) is 28.9. The fourth-order valence-electron chi connectivity index (χ4n) is 5.77. The van der Waals surface area contributed by atoms with E-state index in [1.54, 1.807) is 12.1 Å². The molecule has 3 atom stereocenters. The van der Waals surface area contributed by atoms with E-state index in [2.05, 4.69) is 15.9 Å². The van der Waals surface area contributed by atoms with Crippen LogP contribution in [0.2, 0.25) is 0 Å². The standard InChI is InChI=1S/C24H17BrN2O4/c25-24-15-9-3-1-7-13(15)19(14-8-2-4-10-16(14)24)20-21(24)23(29)26(22(20)28)17-11-5-6-12-18(17)27(30)31/h1-12,19-21,27,30H. The molecule has 6 nitrogen and oxygen atoms in total. The van der Waals surface area contributed by atoms with Gasteiger partial charge in [-0.15, -0.1) is 0 Å². The molecule has 2 bridgehead atoms. The highest BCUT2D eigenvalue weighted by Gasteiger charge is 2.67. The second kappa shape index (κ2) is 6.34. The lowest BCUT2D eigenvalue weighted by molar-refractivity contribution is -0.990. The van der Waals surface area contributed by atoms with E-state index in [9.17, 15) is 20.0 Å². The SMILES string of the molecule is O=C1C2C3c4ccccc4C(Br)(c4ccccc43)C2C(=O)N1c1ccccc1[NH+]([O-])O.